The Morgan fingerprint density at radius 2 is 2.53 bits per heavy atom. The number of nitrogens with zero attached hydrogens (tertiary/aromatic N) is 3. The Hall–Kier alpha value is -1.69. The molecule has 1 aromatic heterocycles. The number of hydrogen-bond donors (Lipinski definition) is 2. The SMILES string of the molecule is Cc1nccc(N2CCNC(CC(=O)O)C2)n1. The van der Waals surface area contributed by atoms with Crippen molar-refractivity contribution in [2.75, 3.05) is 24.5 Å². The summed E-state index contributed by atoms with van der Waals surface area (Å²) in [7, 11) is 0. The molecular weight excluding hydrogens is 220 g/mol. The average molecular weight is 236 g/mol. The maximum Gasteiger partial charge on any atom is 0.304 e. The largest absolute Gasteiger partial charge is 0.481 e. The molecule has 2 rings (SSSR count). The number of anilines is 1. The summed E-state index contributed by atoms with van der Waals surface area (Å²) in [5.41, 5.74) is 0. The van der Waals surface area contributed by atoms with Crippen molar-refractivity contribution >= 4 is 11.8 Å². The number of aryl methyl sites for hydroxylation is 1. The Morgan fingerprint density at radius 3 is 3.24 bits per heavy atom. The Bertz CT molecular complexity index is 410. The molecule has 2 N–H and O–H groups in total. The van der Waals surface area contributed by atoms with Crippen molar-refractivity contribution in [1.29, 1.82) is 0 Å². The predicted molar refractivity (Wildman–Crippen MR) is 63.0 cm³/mol. The molecule has 1 fully saturated rings. The van der Waals surface area contributed by atoms with E-state index in [2.05, 4.69) is 20.2 Å². The zero-order chi connectivity index (χ0) is 12.3. The molecule has 1 unspecified atom stereocenters. The second-order valence-corrected chi connectivity index (χ2v) is 4.16. The van der Waals surface area contributed by atoms with Crippen molar-refractivity contribution in [2.24, 2.45) is 0 Å². The minimum Gasteiger partial charge on any atom is -0.481 e. The molecule has 1 aromatic rings. The van der Waals surface area contributed by atoms with E-state index in [0.717, 1.165) is 24.7 Å². The molecule has 0 bridgehead atoms. The van der Waals surface area contributed by atoms with Crippen LogP contribution in [0, 0.1) is 6.92 Å². The zero-order valence-electron chi connectivity index (χ0n) is 9.76. The highest BCUT2D eigenvalue weighted by atomic mass is 16.4. The number of aromatic nitrogens is 2. The van der Waals surface area contributed by atoms with Crippen LogP contribution in [-0.4, -0.2) is 46.7 Å². The molecule has 1 atom stereocenters. The van der Waals surface area contributed by atoms with Crippen LogP contribution in [0.3, 0.4) is 0 Å². The number of piperazine rings is 1. The van der Waals surface area contributed by atoms with Gasteiger partial charge in [-0.2, -0.15) is 0 Å². The number of carbonyl (C=O) groups is 1. The first-order chi connectivity index (χ1) is 8.15. The lowest BCUT2D eigenvalue weighted by atomic mass is 10.1. The van der Waals surface area contributed by atoms with Crippen molar-refractivity contribution in [3.63, 3.8) is 0 Å². The highest BCUT2D eigenvalue weighted by Crippen LogP contribution is 2.13. The zero-order valence-corrected chi connectivity index (χ0v) is 9.76. The van der Waals surface area contributed by atoms with E-state index >= 15 is 0 Å². The summed E-state index contributed by atoms with van der Waals surface area (Å²) in [5, 5.41) is 12.0. The lowest BCUT2D eigenvalue weighted by molar-refractivity contribution is -0.137. The Morgan fingerprint density at radius 1 is 1.71 bits per heavy atom. The summed E-state index contributed by atoms with van der Waals surface area (Å²) in [6.07, 6.45) is 1.87. The molecule has 0 radical (unpaired) electrons. The van der Waals surface area contributed by atoms with Gasteiger partial charge in [0.1, 0.15) is 11.6 Å². The van der Waals surface area contributed by atoms with Gasteiger partial charge in [0, 0.05) is 31.9 Å². The average Bonchev–Trinajstić information content (AvgIpc) is 2.28. The third-order valence-corrected chi connectivity index (χ3v) is 2.76. The van der Waals surface area contributed by atoms with E-state index in [-0.39, 0.29) is 12.5 Å². The molecule has 1 aliphatic heterocycles. The van der Waals surface area contributed by atoms with E-state index in [1.165, 1.54) is 0 Å². The van der Waals surface area contributed by atoms with E-state index in [1.54, 1.807) is 6.20 Å². The first-order valence-corrected chi connectivity index (χ1v) is 5.65. The van der Waals surface area contributed by atoms with Gasteiger partial charge in [-0.15, -0.1) is 0 Å². The molecule has 0 spiro atoms. The topological polar surface area (TPSA) is 78.4 Å². The van der Waals surface area contributed by atoms with Crippen LogP contribution in [0.25, 0.3) is 0 Å². The van der Waals surface area contributed by atoms with Crippen molar-refractivity contribution in [2.45, 2.75) is 19.4 Å². The molecule has 6 heteroatoms. The van der Waals surface area contributed by atoms with Crippen LogP contribution < -0.4 is 10.2 Å². The van der Waals surface area contributed by atoms with Crippen LogP contribution in [-0.2, 0) is 4.79 Å². The number of nitrogens with one attached hydrogen (secondary N) is 1. The van der Waals surface area contributed by atoms with Crippen molar-refractivity contribution in [3.05, 3.63) is 18.1 Å². The molecule has 2 heterocycles. The molecular formula is C11H16N4O2. The van der Waals surface area contributed by atoms with Gasteiger partial charge in [-0.1, -0.05) is 0 Å². The highest BCUT2D eigenvalue weighted by molar-refractivity contribution is 5.67. The van der Waals surface area contributed by atoms with Crippen LogP contribution in [0.1, 0.15) is 12.2 Å². The Kier molecular flexibility index (Phi) is 3.53. The standard InChI is InChI=1S/C11H16N4O2/c1-8-12-3-2-10(14-8)15-5-4-13-9(7-15)6-11(16)17/h2-3,9,13H,4-7H2,1H3,(H,16,17). The van der Waals surface area contributed by atoms with Gasteiger partial charge in [0.15, 0.2) is 0 Å². The normalized spacial score (nSPS) is 20.3. The quantitative estimate of drug-likeness (QED) is 0.771. The summed E-state index contributed by atoms with van der Waals surface area (Å²) in [6, 6.07) is 1.84. The Labute approximate surface area is 99.7 Å². The van der Waals surface area contributed by atoms with E-state index in [0.29, 0.717) is 6.54 Å². The number of carboxylic acid groups (broad SMARTS) is 1. The maximum absolute atomic E-state index is 10.7. The predicted octanol–water partition coefficient (Wildman–Crippen LogP) is 0.0379. The van der Waals surface area contributed by atoms with Crippen LogP contribution in [0.2, 0.25) is 0 Å². The molecule has 17 heavy (non-hydrogen) atoms. The lowest BCUT2D eigenvalue weighted by Gasteiger charge is -2.33. The van der Waals surface area contributed by atoms with Crippen molar-refractivity contribution < 1.29 is 9.90 Å². The highest BCUT2D eigenvalue weighted by Gasteiger charge is 2.22. The molecule has 0 saturated carbocycles. The minimum absolute atomic E-state index is 0.0171. The van der Waals surface area contributed by atoms with Gasteiger partial charge in [-0.25, -0.2) is 9.97 Å². The van der Waals surface area contributed by atoms with Crippen LogP contribution >= 0.6 is 0 Å². The first-order valence-electron chi connectivity index (χ1n) is 5.65. The van der Waals surface area contributed by atoms with E-state index < -0.39 is 5.97 Å². The molecule has 6 nitrogen and oxygen atoms in total. The van der Waals surface area contributed by atoms with Crippen molar-refractivity contribution in [1.82, 2.24) is 15.3 Å². The second kappa shape index (κ2) is 5.09. The summed E-state index contributed by atoms with van der Waals surface area (Å²) in [4.78, 5) is 21.2. The third kappa shape index (κ3) is 3.13. The van der Waals surface area contributed by atoms with E-state index in [1.807, 2.05) is 13.0 Å². The molecule has 1 saturated heterocycles. The lowest BCUT2D eigenvalue weighted by Crippen LogP contribution is -2.51. The second-order valence-electron chi connectivity index (χ2n) is 4.16. The molecule has 92 valence electrons. The number of carboxylic acids is 1. The molecule has 0 amide bonds. The van der Waals surface area contributed by atoms with Crippen LogP contribution in [0.4, 0.5) is 5.82 Å². The van der Waals surface area contributed by atoms with Gasteiger partial charge in [0.2, 0.25) is 0 Å². The van der Waals surface area contributed by atoms with Crippen LogP contribution in [0.5, 0.6) is 0 Å². The summed E-state index contributed by atoms with van der Waals surface area (Å²) < 4.78 is 0. The fraction of sp³-hybridized carbons (Fsp3) is 0.545. The van der Waals surface area contributed by atoms with Gasteiger partial charge in [0.05, 0.1) is 6.42 Å². The van der Waals surface area contributed by atoms with Gasteiger partial charge >= 0.3 is 5.97 Å². The molecule has 0 aromatic carbocycles. The fourth-order valence-electron chi connectivity index (χ4n) is 2.00. The molecule has 1 aliphatic rings. The Balaban J connectivity index is 2.04. The smallest absolute Gasteiger partial charge is 0.304 e. The number of aliphatic carboxylic acids is 1. The minimum atomic E-state index is -0.775. The summed E-state index contributed by atoms with van der Waals surface area (Å²) in [5.74, 6) is 0.827. The fourth-order valence-corrected chi connectivity index (χ4v) is 2.00. The third-order valence-electron chi connectivity index (χ3n) is 2.76. The molecule has 0 aliphatic carbocycles. The first kappa shape index (κ1) is 11.8. The van der Waals surface area contributed by atoms with Gasteiger partial charge in [-0.3, -0.25) is 4.79 Å². The maximum atomic E-state index is 10.7. The van der Waals surface area contributed by atoms with Crippen LogP contribution in [0.15, 0.2) is 12.3 Å². The van der Waals surface area contributed by atoms with E-state index in [4.69, 9.17) is 5.11 Å². The monoisotopic (exact) mass is 236 g/mol. The number of rotatable bonds is 3. The van der Waals surface area contributed by atoms with Gasteiger partial charge in [-0.05, 0) is 13.0 Å². The van der Waals surface area contributed by atoms with Gasteiger partial charge < -0.3 is 15.3 Å². The summed E-state index contributed by atoms with van der Waals surface area (Å²) >= 11 is 0. The van der Waals surface area contributed by atoms with E-state index in [9.17, 15) is 4.79 Å². The number of hydrogen-bond acceptors (Lipinski definition) is 5. The summed E-state index contributed by atoms with van der Waals surface area (Å²) in [6.45, 7) is 4.14. The van der Waals surface area contributed by atoms with Gasteiger partial charge in [0.25, 0.3) is 0 Å². The van der Waals surface area contributed by atoms with Crippen molar-refractivity contribution in [3.8, 4) is 0 Å².